The Morgan fingerprint density at radius 3 is 2.36 bits per heavy atom. The largest absolute Gasteiger partial charge is 0.248 e. The summed E-state index contributed by atoms with van der Waals surface area (Å²) in [7, 11) is 0.0246. The SMILES string of the molecule is C/N=[SH](=O)/c1ccc(Br)cc1. The van der Waals surface area contributed by atoms with Crippen LogP contribution in [0.5, 0.6) is 0 Å². The molecule has 0 radical (unpaired) electrons. The molecule has 0 saturated heterocycles. The summed E-state index contributed by atoms with van der Waals surface area (Å²) in [6, 6.07) is 7.31. The van der Waals surface area contributed by atoms with Crippen molar-refractivity contribution >= 4 is 26.5 Å². The van der Waals surface area contributed by atoms with E-state index >= 15 is 0 Å². The molecule has 0 aromatic heterocycles. The van der Waals surface area contributed by atoms with Crippen molar-refractivity contribution in [3.05, 3.63) is 28.7 Å². The van der Waals surface area contributed by atoms with Crippen molar-refractivity contribution in [2.75, 3.05) is 7.05 Å². The van der Waals surface area contributed by atoms with Gasteiger partial charge in [-0.1, -0.05) is 15.9 Å². The van der Waals surface area contributed by atoms with E-state index in [4.69, 9.17) is 0 Å². The smallest absolute Gasteiger partial charge is 0.0639 e. The van der Waals surface area contributed by atoms with Crippen LogP contribution in [0.3, 0.4) is 0 Å². The molecule has 60 valence electrons. The van der Waals surface area contributed by atoms with Crippen LogP contribution in [0.15, 0.2) is 38.0 Å². The summed E-state index contributed by atoms with van der Waals surface area (Å²) >= 11 is 3.29. The Morgan fingerprint density at radius 2 is 1.91 bits per heavy atom. The molecule has 2 nitrogen and oxygen atoms in total. The predicted octanol–water partition coefficient (Wildman–Crippen LogP) is 2.10. The van der Waals surface area contributed by atoms with E-state index in [1.807, 2.05) is 12.1 Å². The molecular weight excluding hydrogens is 226 g/mol. The molecule has 0 N–H and O–H groups in total. The first-order chi connectivity index (χ1) is 5.24. The topological polar surface area (TPSA) is 29.4 Å². The van der Waals surface area contributed by atoms with Crippen LogP contribution in [0.25, 0.3) is 0 Å². The van der Waals surface area contributed by atoms with E-state index in [1.165, 1.54) is 0 Å². The normalized spacial score (nSPS) is 13.3. The van der Waals surface area contributed by atoms with Gasteiger partial charge in [-0.25, -0.2) is 8.57 Å². The third-order valence-corrected chi connectivity index (χ3v) is 2.86. The molecule has 0 saturated carbocycles. The zero-order valence-electron chi connectivity index (χ0n) is 5.99. The number of rotatable bonds is 1. The van der Waals surface area contributed by atoms with Crippen LogP contribution in [0.2, 0.25) is 0 Å². The molecule has 0 aliphatic rings. The average Bonchev–Trinajstić information content (AvgIpc) is 2.05. The first kappa shape index (κ1) is 8.74. The third-order valence-electron chi connectivity index (χ3n) is 1.23. The highest BCUT2D eigenvalue weighted by atomic mass is 79.9. The molecule has 1 aromatic carbocycles. The molecule has 11 heavy (non-hydrogen) atoms. The Balaban J connectivity index is 3.09. The van der Waals surface area contributed by atoms with Gasteiger partial charge in [-0.2, -0.15) is 0 Å². The molecule has 0 amide bonds. The van der Waals surface area contributed by atoms with Crippen LogP contribution in [-0.2, 0) is 10.6 Å². The molecule has 0 spiro atoms. The van der Waals surface area contributed by atoms with E-state index in [1.54, 1.807) is 19.2 Å². The molecule has 1 atom stereocenters. The summed E-state index contributed by atoms with van der Waals surface area (Å²) in [6.07, 6.45) is 0. The number of nitrogens with zero attached hydrogens (tertiary/aromatic N) is 1. The zero-order chi connectivity index (χ0) is 8.27. The Kier molecular flexibility index (Phi) is 3.08. The Hall–Kier alpha value is -0.350. The molecule has 1 unspecified atom stereocenters. The number of halogens is 1. The lowest BCUT2D eigenvalue weighted by atomic mass is 10.4. The maximum atomic E-state index is 11.1. The lowest BCUT2D eigenvalue weighted by Gasteiger charge is -1.92. The summed E-state index contributed by atoms with van der Waals surface area (Å²) in [5, 5.41) is 0. The van der Waals surface area contributed by atoms with Crippen molar-refractivity contribution in [1.29, 1.82) is 0 Å². The Morgan fingerprint density at radius 1 is 1.36 bits per heavy atom. The fourth-order valence-corrected chi connectivity index (χ4v) is 1.58. The maximum Gasteiger partial charge on any atom is 0.0639 e. The summed E-state index contributed by atoms with van der Waals surface area (Å²) in [4.78, 5) is 0.769. The van der Waals surface area contributed by atoms with Gasteiger partial charge in [-0.3, -0.25) is 0 Å². The van der Waals surface area contributed by atoms with Crippen LogP contribution in [0.4, 0.5) is 0 Å². The number of hydrogen-bond donors (Lipinski definition) is 1. The Bertz CT molecular complexity index is 314. The molecule has 0 aliphatic heterocycles. The van der Waals surface area contributed by atoms with E-state index in [2.05, 4.69) is 20.3 Å². The van der Waals surface area contributed by atoms with Crippen molar-refractivity contribution in [3.63, 3.8) is 0 Å². The van der Waals surface area contributed by atoms with E-state index in [0.29, 0.717) is 0 Å². The monoisotopic (exact) mass is 233 g/mol. The van der Waals surface area contributed by atoms with E-state index in [-0.39, 0.29) is 0 Å². The molecule has 0 aliphatic carbocycles. The van der Waals surface area contributed by atoms with Crippen LogP contribution < -0.4 is 0 Å². The first-order valence-electron chi connectivity index (χ1n) is 3.06. The molecule has 0 bridgehead atoms. The van der Waals surface area contributed by atoms with Gasteiger partial charge >= 0.3 is 0 Å². The second kappa shape index (κ2) is 3.88. The summed E-state index contributed by atoms with van der Waals surface area (Å²) < 4.78 is 15.8. The van der Waals surface area contributed by atoms with Crippen molar-refractivity contribution in [2.24, 2.45) is 4.36 Å². The molecule has 1 rings (SSSR count). The number of thiol groups is 1. The lowest BCUT2D eigenvalue weighted by molar-refractivity contribution is 0.688. The highest BCUT2D eigenvalue weighted by Crippen LogP contribution is 2.11. The Labute approximate surface area is 76.0 Å². The summed E-state index contributed by atoms with van der Waals surface area (Å²) in [5.41, 5.74) is 0. The highest BCUT2D eigenvalue weighted by molar-refractivity contribution is 9.10. The zero-order valence-corrected chi connectivity index (χ0v) is 8.47. The maximum absolute atomic E-state index is 11.1. The van der Waals surface area contributed by atoms with Gasteiger partial charge in [-0.15, -0.1) is 0 Å². The minimum Gasteiger partial charge on any atom is -0.248 e. The van der Waals surface area contributed by atoms with Crippen LogP contribution in [0, 0.1) is 0 Å². The van der Waals surface area contributed by atoms with Crippen molar-refractivity contribution in [2.45, 2.75) is 4.90 Å². The van der Waals surface area contributed by atoms with Gasteiger partial charge in [0.15, 0.2) is 0 Å². The summed E-state index contributed by atoms with van der Waals surface area (Å²) in [6.45, 7) is 0. The standard InChI is InChI=1S/C7H8BrNOS/c1-9-11(10)7-4-2-6(8)3-5-7/h2-5,11H,1H3. The fourth-order valence-electron chi connectivity index (χ4n) is 0.684. The van der Waals surface area contributed by atoms with Gasteiger partial charge in [0, 0.05) is 16.4 Å². The third kappa shape index (κ3) is 2.31. The highest BCUT2D eigenvalue weighted by Gasteiger charge is 1.90. The van der Waals surface area contributed by atoms with Gasteiger partial charge in [0.2, 0.25) is 0 Å². The molecular formula is C7H8BrNOS. The van der Waals surface area contributed by atoms with E-state index in [0.717, 1.165) is 9.37 Å². The average molecular weight is 234 g/mol. The molecule has 1 aromatic rings. The predicted molar refractivity (Wildman–Crippen MR) is 50.3 cm³/mol. The second-order valence-corrected chi connectivity index (χ2v) is 4.33. The minimum atomic E-state index is -1.53. The van der Waals surface area contributed by atoms with Crippen molar-refractivity contribution in [3.8, 4) is 0 Å². The fraction of sp³-hybridized carbons (Fsp3) is 0.143. The van der Waals surface area contributed by atoms with Gasteiger partial charge in [-0.05, 0) is 24.3 Å². The van der Waals surface area contributed by atoms with Gasteiger partial charge in [0.25, 0.3) is 0 Å². The van der Waals surface area contributed by atoms with Gasteiger partial charge in [0.05, 0.1) is 10.6 Å². The van der Waals surface area contributed by atoms with Crippen LogP contribution in [0.1, 0.15) is 0 Å². The van der Waals surface area contributed by atoms with Gasteiger partial charge in [0.1, 0.15) is 0 Å². The molecule has 0 heterocycles. The summed E-state index contributed by atoms with van der Waals surface area (Å²) in [5.74, 6) is 0. The number of benzene rings is 1. The molecule has 4 heteroatoms. The van der Waals surface area contributed by atoms with E-state index < -0.39 is 10.6 Å². The van der Waals surface area contributed by atoms with Crippen molar-refractivity contribution < 1.29 is 4.21 Å². The molecule has 0 fully saturated rings. The van der Waals surface area contributed by atoms with E-state index in [9.17, 15) is 4.21 Å². The van der Waals surface area contributed by atoms with Crippen LogP contribution in [-0.4, -0.2) is 11.3 Å². The lowest BCUT2D eigenvalue weighted by Crippen LogP contribution is -1.77. The number of hydrogen-bond acceptors (Lipinski definition) is 2. The van der Waals surface area contributed by atoms with Gasteiger partial charge < -0.3 is 0 Å². The minimum absolute atomic E-state index is 0.769. The second-order valence-electron chi connectivity index (χ2n) is 1.95. The van der Waals surface area contributed by atoms with Crippen LogP contribution >= 0.6 is 15.9 Å². The first-order valence-corrected chi connectivity index (χ1v) is 5.07. The van der Waals surface area contributed by atoms with Crippen molar-refractivity contribution in [1.82, 2.24) is 0 Å². The quantitative estimate of drug-likeness (QED) is 0.741.